The van der Waals surface area contributed by atoms with Gasteiger partial charge in [-0.1, -0.05) is 25.6 Å². The number of hydrogen-bond acceptors (Lipinski definition) is 9. The van der Waals surface area contributed by atoms with Gasteiger partial charge >= 0.3 is 0 Å². The number of aromatic nitrogens is 1. The number of benzene rings is 3. The fourth-order valence-electron chi connectivity index (χ4n) is 7.67. The molecule has 2 aromatic heterocycles. The molecule has 2 amide bonds. The third-order valence-corrected chi connectivity index (χ3v) is 10.3. The maximum Gasteiger partial charge on any atom is 0.259 e. The van der Waals surface area contributed by atoms with Crippen LogP contribution >= 0.6 is 0 Å². The third-order valence-electron chi connectivity index (χ3n) is 10.3. The van der Waals surface area contributed by atoms with Crippen molar-refractivity contribution < 1.29 is 32.6 Å². The lowest BCUT2D eigenvalue weighted by Crippen LogP contribution is -2.42. The Bertz CT molecular complexity index is 2240. The maximum atomic E-state index is 16.4. The molecule has 0 aliphatic carbocycles. The lowest BCUT2D eigenvalue weighted by Gasteiger charge is -2.30. The van der Waals surface area contributed by atoms with Gasteiger partial charge in [0.1, 0.15) is 27.9 Å². The summed E-state index contributed by atoms with van der Waals surface area (Å²) in [5.74, 6) is -0.479. The van der Waals surface area contributed by atoms with E-state index >= 15 is 4.39 Å². The molecular weight excluding hydrogens is 657 g/mol. The van der Waals surface area contributed by atoms with E-state index in [0.717, 1.165) is 23.9 Å². The van der Waals surface area contributed by atoms with Crippen molar-refractivity contribution in [3.63, 3.8) is 0 Å². The molecule has 13 heteroatoms. The van der Waals surface area contributed by atoms with E-state index in [-0.39, 0.29) is 41.8 Å². The molecule has 12 nitrogen and oxygen atoms in total. The van der Waals surface area contributed by atoms with Crippen LogP contribution in [0.15, 0.2) is 57.9 Å². The van der Waals surface area contributed by atoms with E-state index in [9.17, 15) is 14.4 Å². The number of rotatable bonds is 6. The number of nitrogens with one attached hydrogen (secondary N) is 1. The molecule has 0 spiro atoms. The molecular formula is C38H40FN5O7. The first-order valence-corrected chi connectivity index (χ1v) is 17.2. The number of amides is 2. The zero-order chi connectivity index (χ0) is 33.9. The number of carbonyl (C=O) groups is 2. The monoisotopic (exact) mass is 697 g/mol. The summed E-state index contributed by atoms with van der Waals surface area (Å²) in [6, 6.07) is 12.4. The van der Waals surface area contributed by atoms with Gasteiger partial charge in [0.15, 0.2) is 17.3 Å². The average Bonchev–Trinajstić information content (AvgIpc) is 3.75. The summed E-state index contributed by atoms with van der Waals surface area (Å²) in [6.45, 7) is 5.95. The van der Waals surface area contributed by atoms with Gasteiger partial charge in [-0.25, -0.2) is 4.39 Å². The molecule has 9 rings (SSSR count). The van der Waals surface area contributed by atoms with Gasteiger partial charge in [-0.15, -0.1) is 0 Å². The zero-order valence-electron chi connectivity index (χ0n) is 27.4. The van der Waals surface area contributed by atoms with Gasteiger partial charge < -0.3 is 38.3 Å². The van der Waals surface area contributed by atoms with Gasteiger partial charge in [0.25, 0.3) is 5.91 Å². The number of furan rings is 1. The van der Waals surface area contributed by atoms with E-state index in [2.05, 4.69) is 10.2 Å². The second-order valence-corrected chi connectivity index (χ2v) is 13.3. The van der Waals surface area contributed by atoms with Crippen molar-refractivity contribution in [3.8, 4) is 17.2 Å². The first-order valence-electron chi connectivity index (χ1n) is 17.2. The van der Waals surface area contributed by atoms with Crippen molar-refractivity contribution in [2.24, 2.45) is 0 Å². The highest BCUT2D eigenvalue weighted by Crippen LogP contribution is 2.49. The first kappa shape index (κ1) is 33.2. The van der Waals surface area contributed by atoms with Gasteiger partial charge in [0, 0.05) is 81.3 Å². The van der Waals surface area contributed by atoms with Gasteiger partial charge in [-0.05, 0) is 24.6 Å². The smallest absolute Gasteiger partial charge is 0.259 e. The molecule has 6 heterocycles. The summed E-state index contributed by atoms with van der Waals surface area (Å²) in [7, 11) is 0. The molecule has 1 N–H and O–H groups in total. The highest BCUT2D eigenvalue weighted by atomic mass is 19.1. The van der Waals surface area contributed by atoms with Crippen molar-refractivity contribution in [3.05, 3.63) is 70.3 Å². The molecule has 266 valence electrons. The van der Waals surface area contributed by atoms with Gasteiger partial charge in [-0.2, -0.15) is 0 Å². The molecule has 3 saturated heterocycles. The van der Waals surface area contributed by atoms with Crippen molar-refractivity contribution in [1.82, 2.24) is 19.7 Å². The number of nitrogens with zero attached hydrogens (tertiary/aromatic N) is 4. The number of anilines is 1. The highest BCUT2D eigenvalue weighted by molar-refractivity contribution is 6.07. The standard InChI is InChI=1S/C37H36FN5O7.CH4/c38-27-17-25-33-36(34(27)42-8-5-22(20-42)39-32(44)6-7-40-9-13-47-14-10-40)50-31-18-24-23-3-1-2-4-29(23)49-30(24)19-28(31)43(33)21-26(35(25)45)37(46)41-11-15-48-16-12-41;/h1-4,17-19,21-22H,5-16,20H2,(H,39,44);1H4/t22-;/m1./s1. The van der Waals surface area contributed by atoms with Crippen LogP contribution in [0, 0.1) is 5.82 Å². The molecule has 3 aromatic carbocycles. The molecule has 51 heavy (non-hydrogen) atoms. The molecule has 0 bridgehead atoms. The maximum absolute atomic E-state index is 16.4. The van der Waals surface area contributed by atoms with Gasteiger partial charge in [-0.3, -0.25) is 19.3 Å². The number of para-hydroxylation sites is 1. The van der Waals surface area contributed by atoms with E-state index in [4.69, 9.17) is 18.6 Å². The van der Waals surface area contributed by atoms with Crippen LogP contribution in [0.1, 0.15) is 30.6 Å². The number of morpholine rings is 2. The van der Waals surface area contributed by atoms with Crippen LogP contribution in [0.4, 0.5) is 10.1 Å². The molecule has 0 saturated carbocycles. The molecule has 1 atom stereocenters. The van der Waals surface area contributed by atoms with Gasteiger partial charge in [0.05, 0.1) is 37.5 Å². The zero-order valence-corrected chi connectivity index (χ0v) is 27.4. The van der Waals surface area contributed by atoms with Crippen molar-refractivity contribution in [1.29, 1.82) is 0 Å². The van der Waals surface area contributed by atoms with Crippen LogP contribution in [0.25, 0.3) is 38.5 Å². The fourth-order valence-corrected chi connectivity index (χ4v) is 7.67. The van der Waals surface area contributed by atoms with Crippen LogP contribution in [-0.4, -0.2) is 104 Å². The van der Waals surface area contributed by atoms with E-state index in [0.29, 0.717) is 100 Å². The van der Waals surface area contributed by atoms with E-state index < -0.39 is 17.2 Å². The Hall–Kier alpha value is -4.98. The Morgan fingerprint density at radius 3 is 2.47 bits per heavy atom. The minimum absolute atomic E-state index is 0. The lowest BCUT2D eigenvalue weighted by atomic mass is 10.0. The largest absolute Gasteiger partial charge is 0.456 e. The van der Waals surface area contributed by atoms with E-state index in [1.807, 2.05) is 41.3 Å². The van der Waals surface area contributed by atoms with Crippen LogP contribution in [0.2, 0.25) is 0 Å². The summed E-state index contributed by atoms with van der Waals surface area (Å²) in [5, 5.41) is 4.90. The first-order chi connectivity index (χ1) is 24.4. The average molecular weight is 698 g/mol. The fraction of sp³-hybridized carbons (Fsp3) is 0.395. The summed E-state index contributed by atoms with van der Waals surface area (Å²) < 4.78 is 41.8. The topological polar surface area (TPSA) is 119 Å². The highest BCUT2D eigenvalue weighted by Gasteiger charge is 2.35. The van der Waals surface area contributed by atoms with Crippen LogP contribution in [0.5, 0.6) is 11.5 Å². The minimum Gasteiger partial charge on any atom is -0.456 e. The second kappa shape index (κ2) is 13.3. The van der Waals surface area contributed by atoms with Crippen molar-refractivity contribution in [2.75, 3.05) is 77.1 Å². The van der Waals surface area contributed by atoms with Crippen LogP contribution in [0.3, 0.4) is 0 Å². The molecule has 5 aromatic rings. The summed E-state index contributed by atoms with van der Waals surface area (Å²) in [4.78, 5) is 46.4. The van der Waals surface area contributed by atoms with Gasteiger partial charge in [0.2, 0.25) is 11.3 Å². The lowest BCUT2D eigenvalue weighted by molar-refractivity contribution is -0.122. The number of pyridine rings is 1. The molecule has 0 radical (unpaired) electrons. The molecule has 0 unspecified atom stereocenters. The Balaban J connectivity index is 0.00000374. The molecule has 4 aliphatic rings. The minimum atomic E-state index is -0.635. The van der Waals surface area contributed by atoms with Crippen LogP contribution < -0.4 is 20.4 Å². The van der Waals surface area contributed by atoms with Crippen molar-refractivity contribution >= 4 is 50.3 Å². The predicted octanol–water partition coefficient (Wildman–Crippen LogP) is 4.66. The predicted molar refractivity (Wildman–Crippen MR) is 191 cm³/mol. The number of halogens is 1. The van der Waals surface area contributed by atoms with Crippen molar-refractivity contribution in [2.45, 2.75) is 26.3 Å². The normalized spacial score (nSPS) is 18.9. The summed E-state index contributed by atoms with van der Waals surface area (Å²) in [6.07, 6.45) is 2.55. The Morgan fingerprint density at radius 2 is 1.67 bits per heavy atom. The summed E-state index contributed by atoms with van der Waals surface area (Å²) >= 11 is 0. The number of hydrogen-bond donors (Lipinski definition) is 1. The van der Waals surface area contributed by atoms with E-state index in [1.165, 1.54) is 6.07 Å². The number of fused-ring (bicyclic) bond motifs is 5. The Labute approximate surface area is 293 Å². The quantitative estimate of drug-likeness (QED) is 0.265. The Kier molecular flexibility index (Phi) is 8.65. The van der Waals surface area contributed by atoms with E-state index in [1.54, 1.807) is 15.7 Å². The number of carbonyl (C=O) groups excluding carboxylic acids is 2. The molecule has 3 fully saturated rings. The van der Waals surface area contributed by atoms with Crippen LogP contribution in [-0.2, 0) is 14.3 Å². The second-order valence-electron chi connectivity index (χ2n) is 13.3. The molecule has 4 aliphatic heterocycles. The summed E-state index contributed by atoms with van der Waals surface area (Å²) in [5.41, 5.74) is 1.83. The SMILES string of the molecule is C.O=C(CCN1CCOCC1)N[C@@H]1CCN(c2c(F)cc3c(=O)c(C(=O)N4CCOCC4)cn4c3c2Oc2cc3c(cc2-4)oc2ccccc23)C1. The third kappa shape index (κ3) is 5.78. The number of ether oxygens (including phenoxy) is 3. The Morgan fingerprint density at radius 1 is 0.902 bits per heavy atom.